The Labute approximate surface area is 97.3 Å². The molecule has 6 nitrogen and oxygen atoms in total. The molecular formula is C11H12N2O4. The standard InChI is InChI=1S/C11H12N2O4/c1-7-4-13-10(17-7)6-12-5-9-8(11(14)15)2-3-16-9/h2-4,12H,5-6H2,1H3,(H,14,15). The summed E-state index contributed by atoms with van der Waals surface area (Å²) in [6, 6.07) is 1.43. The van der Waals surface area contributed by atoms with Crippen LogP contribution in [0.1, 0.15) is 27.8 Å². The van der Waals surface area contributed by atoms with E-state index < -0.39 is 5.97 Å². The Bertz CT molecular complexity index is 515. The molecule has 0 saturated carbocycles. The van der Waals surface area contributed by atoms with E-state index in [4.69, 9.17) is 13.9 Å². The number of oxazole rings is 1. The van der Waals surface area contributed by atoms with Gasteiger partial charge in [-0.15, -0.1) is 0 Å². The van der Waals surface area contributed by atoms with E-state index in [0.29, 0.717) is 24.7 Å². The third-order valence-corrected chi connectivity index (χ3v) is 2.21. The quantitative estimate of drug-likeness (QED) is 0.819. The number of aryl methyl sites for hydroxylation is 1. The normalized spacial score (nSPS) is 10.6. The van der Waals surface area contributed by atoms with Crippen molar-refractivity contribution in [3.63, 3.8) is 0 Å². The van der Waals surface area contributed by atoms with Crippen LogP contribution in [0.15, 0.2) is 27.4 Å². The van der Waals surface area contributed by atoms with Crippen LogP contribution in [0.2, 0.25) is 0 Å². The van der Waals surface area contributed by atoms with Gasteiger partial charge in [0, 0.05) is 0 Å². The van der Waals surface area contributed by atoms with E-state index in [1.165, 1.54) is 12.3 Å². The van der Waals surface area contributed by atoms with Crippen molar-refractivity contribution in [2.24, 2.45) is 0 Å². The smallest absolute Gasteiger partial charge is 0.339 e. The third-order valence-electron chi connectivity index (χ3n) is 2.21. The topological polar surface area (TPSA) is 88.5 Å². The van der Waals surface area contributed by atoms with Gasteiger partial charge in [-0.3, -0.25) is 0 Å². The van der Waals surface area contributed by atoms with E-state index in [1.807, 2.05) is 6.92 Å². The number of carboxylic acids is 1. The number of furan rings is 1. The molecule has 0 aliphatic carbocycles. The lowest BCUT2D eigenvalue weighted by atomic mass is 10.2. The fourth-order valence-electron chi connectivity index (χ4n) is 1.43. The lowest BCUT2D eigenvalue weighted by molar-refractivity contribution is 0.0694. The predicted molar refractivity (Wildman–Crippen MR) is 57.5 cm³/mol. The van der Waals surface area contributed by atoms with E-state index in [2.05, 4.69) is 10.3 Å². The lowest BCUT2D eigenvalue weighted by Crippen LogP contribution is -2.14. The van der Waals surface area contributed by atoms with Crippen molar-refractivity contribution >= 4 is 5.97 Å². The molecule has 0 aliphatic rings. The number of carboxylic acid groups (broad SMARTS) is 1. The Morgan fingerprint density at radius 1 is 1.53 bits per heavy atom. The summed E-state index contributed by atoms with van der Waals surface area (Å²) in [5.74, 6) is 0.695. The highest BCUT2D eigenvalue weighted by molar-refractivity contribution is 5.88. The first kappa shape index (κ1) is 11.4. The second-order valence-corrected chi connectivity index (χ2v) is 3.53. The van der Waals surface area contributed by atoms with Crippen molar-refractivity contribution < 1.29 is 18.7 Å². The molecule has 0 fully saturated rings. The summed E-state index contributed by atoms with van der Waals surface area (Å²) in [6.45, 7) is 2.55. The maximum atomic E-state index is 10.8. The molecule has 2 heterocycles. The first-order valence-corrected chi connectivity index (χ1v) is 5.08. The SMILES string of the molecule is Cc1cnc(CNCc2occc2C(=O)O)o1. The molecule has 17 heavy (non-hydrogen) atoms. The highest BCUT2D eigenvalue weighted by Gasteiger charge is 2.12. The second-order valence-electron chi connectivity index (χ2n) is 3.53. The number of hydrogen-bond donors (Lipinski definition) is 2. The first-order chi connectivity index (χ1) is 8.16. The van der Waals surface area contributed by atoms with Crippen molar-refractivity contribution in [1.29, 1.82) is 0 Å². The van der Waals surface area contributed by atoms with Gasteiger partial charge < -0.3 is 19.3 Å². The Morgan fingerprint density at radius 2 is 2.35 bits per heavy atom. The van der Waals surface area contributed by atoms with Crippen LogP contribution in [-0.4, -0.2) is 16.1 Å². The van der Waals surface area contributed by atoms with Gasteiger partial charge in [-0.2, -0.15) is 0 Å². The van der Waals surface area contributed by atoms with Gasteiger partial charge in [0.05, 0.1) is 25.5 Å². The van der Waals surface area contributed by atoms with E-state index in [9.17, 15) is 4.79 Å². The van der Waals surface area contributed by atoms with Gasteiger partial charge in [0.1, 0.15) is 17.1 Å². The Balaban J connectivity index is 1.90. The number of aromatic carboxylic acids is 1. The van der Waals surface area contributed by atoms with E-state index in [0.717, 1.165) is 5.76 Å². The van der Waals surface area contributed by atoms with E-state index in [1.54, 1.807) is 6.20 Å². The fraction of sp³-hybridized carbons (Fsp3) is 0.273. The van der Waals surface area contributed by atoms with Crippen LogP contribution in [0, 0.1) is 6.92 Å². The van der Waals surface area contributed by atoms with E-state index in [-0.39, 0.29) is 5.56 Å². The van der Waals surface area contributed by atoms with Crippen molar-refractivity contribution in [1.82, 2.24) is 10.3 Å². The maximum absolute atomic E-state index is 10.8. The summed E-state index contributed by atoms with van der Waals surface area (Å²) >= 11 is 0. The van der Waals surface area contributed by atoms with Gasteiger partial charge in [-0.1, -0.05) is 0 Å². The van der Waals surface area contributed by atoms with Gasteiger partial charge in [0.25, 0.3) is 0 Å². The van der Waals surface area contributed by atoms with Gasteiger partial charge in [-0.05, 0) is 13.0 Å². The minimum atomic E-state index is -0.998. The molecule has 0 amide bonds. The van der Waals surface area contributed by atoms with Gasteiger partial charge >= 0.3 is 5.97 Å². The Morgan fingerprint density at radius 3 is 3.00 bits per heavy atom. The molecule has 2 aromatic rings. The molecule has 2 aromatic heterocycles. The van der Waals surface area contributed by atoms with E-state index >= 15 is 0 Å². The summed E-state index contributed by atoms with van der Waals surface area (Å²) < 4.78 is 10.3. The second kappa shape index (κ2) is 4.84. The van der Waals surface area contributed by atoms with Crippen molar-refractivity contribution in [2.75, 3.05) is 0 Å². The zero-order valence-corrected chi connectivity index (χ0v) is 9.27. The summed E-state index contributed by atoms with van der Waals surface area (Å²) in [6.07, 6.45) is 2.99. The predicted octanol–water partition coefficient (Wildman–Crippen LogP) is 1.56. The maximum Gasteiger partial charge on any atom is 0.339 e. The van der Waals surface area contributed by atoms with Crippen LogP contribution >= 0.6 is 0 Å². The van der Waals surface area contributed by atoms with Crippen LogP contribution in [-0.2, 0) is 13.1 Å². The minimum absolute atomic E-state index is 0.168. The number of nitrogens with one attached hydrogen (secondary N) is 1. The molecule has 0 radical (unpaired) electrons. The Kier molecular flexibility index (Phi) is 3.24. The van der Waals surface area contributed by atoms with Crippen molar-refractivity contribution in [2.45, 2.75) is 20.0 Å². The Hall–Kier alpha value is -2.08. The molecule has 0 aromatic carbocycles. The summed E-state index contributed by atoms with van der Waals surface area (Å²) in [5, 5.41) is 11.9. The highest BCUT2D eigenvalue weighted by atomic mass is 16.4. The van der Waals surface area contributed by atoms with Crippen LogP contribution in [0.4, 0.5) is 0 Å². The van der Waals surface area contributed by atoms with Gasteiger partial charge in [0.15, 0.2) is 0 Å². The third kappa shape index (κ3) is 2.73. The zero-order chi connectivity index (χ0) is 12.3. The summed E-state index contributed by atoms with van der Waals surface area (Å²) in [4.78, 5) is 14.8. The number of rotatable bonds is 5. The molecule has 2 rings (SSSR count). The molecule has 0 aliphatic heterocycles. The van der Waals surface area contributed by atoms with Crippen molar-refractivity contribution in [3.05, 3.63) is 41.5 Å². The number of hydrogen-bond acceptors (Lipinski definition) is 5. The number of aromatic nitrogens is 1. The molecule has 90 valence electrons. The van der Waals surface area contributed by atoms with Crippen molar-refractivity contribution in [3.8, 4) is 0 Å². The van der Waals surface area contributed by atoms with Crippen LogP contribution in [0.5, 0.6) is 0 Å². The minimum Gasteiger partial charge on any atom is -0.478 e. The molecular weight excluding hydrogens is 224 g/mol. The lowest BCUT2D eigenvalue weighted by Gasteiger charge is -2.00. The molecule has 0 saturated heterocycles. The largest absolute Gasteiger partial charge is 0.478 e. The van der Waals surface area contributed by atoms with Gasteiger partial charge in [0.2, 0.25) is 5.89 Å². The molecule has 6 heteroatoms. The average Bonchev–Trinajstić information content (AvgIpc) is 2.87. The van der Waals surface area contributed by atoms with Crippen LogP contribution in [0.3, 0.4) is 0 Å². The number of nitrogens with zero attached hydrogens (tertiary/aromatic N) is 1. The number of carbonyl (C=O) groups is 1. The molecule has 0 bridgehead atoms. The van der Waals surface area contributed by atoms with Crippen LogP contribution in [0.25, 0.3) is 0 Å². The average molecular weight is 236 g/mol. The zero-order valence-electron chi connectivity index (χ0n) is 9.27. The van der Waals surface area contributed by atoms with Gasteiger partial charge in [-0.25, -0.2) is 9.78 Å². The summed E-state index contributed by atoms with van der Waals surface area (Å²) in [7, 11) is 0. The molecule has 2 N–H and O–H groups in total. The first-order valence-electron chi connectivity index (χ1n) is 5.08. The highest BCUT2D eigenvalue weighted by Crippen LogP contribution is 2.10. The monoisotopic (exact) mass is 236 g/mol. The van der Waals surface area contributed by atoms with Crippen LogP contribution < -0.4 is 5.32 Å². The summed E-state index contributed by atoms with van der Waals surface area (Å²) in [5.41, 5.74) is 0.168. The molecule has 0 spiro atoms. The fourth-order valence-corrected chi connectivity index (χ4v) is 1.43. The molecule has 0 unspecified atom stereocenters. The molecule has 0 atom stereocenters.